The largest absolute Gasteiger partial charge is 0.466 e. The lowest BCUT2D eigenvalue weighted by Gasteiger charge is -2.06. The van der Waals surface area contributed by atoms with Crippen LogP contribution in [0.3, 0.4) is 0 Å². The van der Waals surface area contributed by atoms with Gasteiger partial charge in [-0.25, -0.2) is 0 Å². The molecule has 0 aliphatic heterocycles. The number of ketones is 1. The molecule has 86 valence electrons. The third-order valence-corrected chi connectivity index (χ3v) is 2.39. The van der Waals surface area contributed by atoms with Crippen LogP contribution in [0.15, 0.2) is 18.2 Å². The minimum atomic E-state index is -0.235. The van der Waals surface area contributed by atoms with Gasteiger partial charge in [0.2, 0.25) is 0 Å². The van der Waals surface area contributed by atoms with Gasteiger partial charge in [0.05, 0.1) is 13.0 Å². The van der Waals surface area contributed by atoms with Crippen LogP contribution in [0.4, 0.5) is 0 Å². The van der Waals surface area contributed by atoms with Gasteiger partial charge >= 0.3 is 5.97 Å². The lowest BCUT2D eigenvalue weighted by atomic mass is 10.0. The number of hydrogen-bond donors (Lipinski definition) is 0. The van der Waals surface area contributed by atoms with E-state index in [1.165, 1.54) is 6.92 Å². The third-order valence-electron chi connectivity index (χ3n) is 2.39. The van der Waals surface area contributed by atoms with Crippen molar-refractivity contribution in [2.45, 2.75) is 27.2 Å². The fourth-order valence-corrected chi connectivity index (χ4v) is 1.48. The van der Waals surface area contributed by atoms with Crippen LogP contribution in [0.5, 0.6) is 0 Å². The van der Waals surface area contributed by atoms with Crippen molar-refractivity contribution >= 4 is 11.8 Å². The zero-order valence-electron chi connectivity index (χ0n) is 9.87. The Kier molecular flexibility index (Phi) is 4.23. The van der Waals surface area contributed by atoms with E-state index in [0.717, 1.165) is 11.1 Å². The summed E-state index contributed by atoms with van der Waals surface area (Å²) in [6, 6.07) is 5.35. The molecule has 1 aromatic rings. The Labute approximate surface area is 95.4 Å². The van der Waals surface area contributed by atoms with E-state index in [1.807, 2.05) is 13.0 Å². The van der Waals surface area contributed by atoms with Crippen molar-refractivity contribution in [1.29, 1.82) is 0 Å². The molecule has 0 unspecified atom stereocenters. The van der Waals surface area contributed by atoms with Gasteiger partial charge < -0.3 is 4.74 Å². The Morgan fingerprint density at radius 2 is 2.00 bits per heavy atom. The number of hydrogen-bond acceptors (Lipinski definition) is 3. The molecule has 0 saturated heterocycles. The van der Waals surface area contributed by atoms with Gasteiger partial charge in [0.25, 0.3) is 0 Å². The topological polar surface area (TPSA) is 43.4 Å². The lowest BCUT2D eigenvalue weighted by Crippen LogP contribution is -2.09. The summed E-state index contributed by atoms with van der Waals surface area (Å²) in [6.07, 6.45) is 0.262. The maximum absolute atomic E-state index is 11.3. The second kappa shape index (κ2) is 5.45. The average Bonchev–Trinajstić information content (AvgIpc) is 2.21. The number of aryl methyl sites for hydroxylation is 1. The molecule has 0 aliphatic rings. The second-order valence-corrected chi connectivity index (χ2v) is 3.68. The number of carbonyl (C=O) groups excluding carboxylic acids is 2. The predicted octanol–water partition coefficient (Wildman–Crippen LogP) is 2.30. The summed E-state index contributed by atoms with van der Waals surface area (Å²) in [5.74, 6) is -0.202. The van der Waals surface area contributed by atoms with Crippen molar-refractivity contribution in [2.24, 2.45) is 0 Å². The van der Waals surface area contributed by atoms with Crippen molar-refractivity contribution in [3.05, 3.63) is 34.9 Å². The fourth-order valence-electron chi connectivity index (χ4n) is 1.48. The number of rotatable bonds is 4. The van der Waals surface area contributed by atoms with Gasteiger partial charge in [0, 0.05) is 5.56 Å². The Morgan fingerprint density at radius 3 is 2.50 bits per heavy atom. The molecule has 0 saturated carbocycles. The minimum absolute atomic E-state index is 0.0331. The van der Waals surface area contributed by atoms with Crippen LogP contribution in [0.1, 0.15) is 35.3 Å². The monoisotopic (exact) mass is 220 g/mol. The molecule has 16 heavy (non-hydrogen) atoms. The van der Waals surface area contributed by atoms with Gasteiger partial charge in [0.15, 0.2) is 5.78 Å². The molecular formula is C13H16O3. The van der Waals surface area contributed by atoms with E-state index in [4.69, 9.17) is 4.74 Å². The summed E-state index contributed by atoms with van der Waals surface area (Å²) >= 11 is 0. The molecule has 0 N–H and O–H groups in total. The highest BCUT2D eigenvalue weighted by molar-refractivity contribution is 5.94. The molecule has 0 aliphatic carbocycles. The van der Waals surface area contributed by atoms with Crippen molar-refractivity contribution in [2.75, 3.05) is 6.61 Å². The van der Waals surface area contributed by atoms with Crippen LogP contribution in [-0.2, 0) is 16.0 Å². The van der Waals surface area contributed by atoms with Gasteiger partial charge in [-0.3, -0.25) is 9.59 Å². The van der Waals surface area contributed by atoms with E-state index in [9.17, 15) is 9.59 Å². The Hall–Kier alpha value is -1.64. The first-order valence-electron chi connectivity index (χ1n) is 5.30. The van der Waals surface area contributed by atoms with Crippen LogP contribution < -0.4 is 0 Å². The SMILES string of the molecule is CCOC(=O)Cc1ccc(C(C)=O)cc1C. The molecule has 3 heteroatoms. The molecule has 0 spiro atoms. The van der Waals surface area contributed by atoms with Gasteiger partial charge in [0.1, 0.15) is 0 Å². The Bertz CT molecular complexity index is 408. The predicted molar refractivity (Wildman–Crippen MR) is 61.5 cm³/mol. The number of ether oxygens (including phenoxy) is 1. The normalized spacial score (nSPS) is 9.94. The van der Waals surface area contributed by atoms with Gasteiger partial charge in [-0.15, -0.1) is 0 Å². The van der Waals surface area contributed by atoms with E-state index in [0.29, 0.717) is 12.2 Å². The zero-order valence-corrected chi connectivity index (χ0v) is 9.87. The Morgan fingerprint density at radius 1 is 1.31 bits per heavy atom. The zero-order chi connectivity index (χ0) is 12.1. The minimum Gasteiger partial charge on any atom is -0.466 e. The van der Waals surface area contributed by atoms with Gasteiger partial charge in [-0.05, 0) is 38.0 Å². The van der Waals surface area contributed by atoms with Crippen LogP contribution in [-0.4, -0.2) is 18.4 Å². The molecule has 3 nitrogen and oxygen atoms in total. The smallest absolute Gasteiger partial charge is 0.310 e. The standard InChI is InChI=1S/C13H16O3/c1-4-16-13(15)8-11-5-6-12(10(3)14)7-9(11)2/h5-7H,4,8H2,1-3H3. The average molecular weight is 220 g/mol. The Balaban J connectivity index is 2.83. The highest BCUT2D eigenvalue weighted by Gasteiger charge is 2.08. The van der Waals surface area contributed by atoms with Crippen LogP contribution in [0.2, 0.25) is 0 Å². The molecule has 0 atom stereocenters. The van der Waals surface area contributed by atoms with Crippen molar-refractivity contribution in [1.82, 2.24) is 0 Å². The van der Waals surface area contributed by atoms with Crippen LogP contribution in [0, 0.1) is 6.92 Å². The van der Waals surface area contributed by atoms with E-state index in [-0.39, 0.29) is 18.2 Å². The van der Waals surface area contributed by atoms with E-state index in [1.54, 1.807) is 19.1 Å². The molecule has 0 fully saturated rings. The van der Waals surface area contributed by atoms with Crippen molar-refractivity contribution < 1.29 is 14.3 Å². The number of carbonyl (C=O) groups is 2. The van der Waals surface area contributed by atoms with E-state index >= 15 is 0 Å². The van der Waals surface area contributed by atoms with Crippen molar-refractivity contribution in [3.8, 4) is 0 Å². The quantitative estimate of drug-likeness (QED) is 0.577. The molecule has 1 aromatic carbocycles. The summed E-state index contributed by atoms with van der Waals surface area (Å²) in [5.41, 5.74) is 2.52. The summed E-state index contributed by atoms with van der Waals surface area (Å²) in [5, 5.41) is 0. The first-order chi connectivity index (χ1) is 7.54. The number of benzene rings is 1. The van der Waals surface area contributed by atoms with Crippen molar-refractivity contribution in [3.63, 3.8) is 0 Å². The third kappa shape index (κ3) is 3.19. The fraction of sp³-hybridized carbons (Fsp3) is 0.385. The molecular weight excluding hydrogens is 204 g/mol. The first-order valence-corrected chi connectivity index (χ1v) is 5.30. The van der Waals surface area contributed by atoms with Crippen LogP contribution >= 0.6 is 0 Å². The van der Waals surface area contributed by atoms with E-state index < -0.39 is 0 Å². The van der Waals surface area contributed by atoms with E-state index in [2.05, 4.69) is 0 Å². The molecule has 0 bridgehead atoms. The van der Waals surface area contributed by atoms with Gasteiger partial charge in [-0.1, -0.05) is 12.1 Å². The summed E-state index contributed by atoms with van der Waals surface area (Å²) in [4.78, 5) is 22.4. The second-order valence-electron chi connectivity index (χ2n) is 3.68. The highest BCUT2D eigenvalue weighted by Crippen LogP contribution is 2.12. The molecule has 1 rings (SSSR count). The maximum Gasteiger partial charge on any atom is 0.310 e. The highest BCUT2D eigenvalue weighted by atomic mass is 16.5. The molecule has 0 amide bonds. The molecule has 0 aromatic heterocycles. The van der Waals surface area contributed by atoms with Gasteiger partial charge in [-0.2, -0.15) is 0 Å². The maximum atomic E-state index is 11.3. The molecule has 0 radical (unpaired) electrons. The first kappa shape index (κ1) is 12.4. The van der Waals surface area contributed by atoms with Crippen LogP contribution in [0.25, 0.3) is 0 Å². The summed E-state index contributed by atoms with van der Waals surface area (Å²) in [7, 11) is 0. The number of esters is 1. The summed E-state index contributed by atoms with van der Waals surface area (Å²) < 4.78 is 4.87. The lowest BCUT2D eigenvalue weighted by molar-refractivity contribution is -0.142. The summed E-state index contributed by atoms with van der Waals surface area (Å²) in [6.45, 7) is 5.59. The number of Topliss-reactive ketones (excluding diaryl/α,β-unsaturated/α-hetero) is 1. The molecule has 0 heterocycles.